The molecule has 0 amide bonds. The molecule has 0 atom stereocenters. The number of methoxy groups -OCH3 is 1. The fourth-order valence-electron chi connectivity index (χ4n) is 3.02. The highest BCUT2D eigenvalue weighted by atomic mass is 32.2. The summed E-state index contributed by atoms with van der Waals surface area (Å²) in [5.41, 5.74) is 4.08. The lowest BCUT2D eigenvalue weighted by molar-refractivity contribution is -0.139. The lowest BCUT2D eigenvalue weighted by Gasteiger charge is -2.02. The third-order valence-corrected chi connectivity index (χ3v) is 5.60. The first kappa shape index (κ1) is 21.6. The molecule has 9 heteroatoms. The van der Waals surface area contributed by atoms with Gasteiger partial charge in [-0.2, -0.15) is 11.8 Å². The van der Waals surface area contributed by atoms with Crippen LogP contribution in [-0.2, 0) is 21.7 Å². The van der Waals surface area contributed by atoms with E-state index < -0.39 is 5.97 Å². The number of H-pyrrole nitrogens is 2. The SMILES string of the molecule is COC(=O)Cc1[nH]n(-c2ccccc2)c(=O)c1C(C)=NCCSCc1nc[nH]c1C. The van der Waals surface area contributed by atoms with Crippen molar-refractivity contribution >= 4 is 23.4 Å². The van der Waals surface area contributed by atoms with Crippen molar-refractivity contribution in [1.82, 2.24) is 19.7 Å². The number of para-hydroxylation sites is 1. The van der Waals surface area contributed by atoms with Gasteiger partial charge in [-0.3, -0.25) is 19.7 Å². The standard InChI is InChI=1S/C21H25N5O3S/c1-14-18(24-13-23-14)12-30-10-9-22-15(2)20-17(11-19(27)29-3)25-26(21(20)28)16-7-5-4-6-8-16/h4-8,13,25H,9-12H2,1-3H3,(H,23,24). The Bertz CT molecular complexity index is 1080. The Labute approximate surface area is 178 Å². The van der Waals surface area contributed by atoms with Gasteiger partial charge in [0.1, 0.15) is 0 Å². The molecule has 0 aliphatic carbocycles. The molecule has 0 unspecified atom stereocenters. The minimum atomic E-state index is -0.421. The molecule has 2 aromatic heterocycles. The Morgan fingerprint density at radius 3 is 2.73 bits per heavy atom. The number of imidazole rings is 1. The number of aromatic amines is 2. The van der Waals surface area contributed by atoms with Gasteiger partial charge < -0.3 is 9.72 Å². The van der Waals surface area contributed by atoms with E-state index in [1.165, 1.54) is 11.8 Å². The van der Waals surface area contributed by atoms with E-state index in [1.54, 1.807) is 25.0 Å². The monoisotopic (exact) mass is 427 g/mol. The predicted molar refractivity (Wildman–Crippen MR) is 119 cm³/mol. The summed E-state index contributed by atoms with van der Waals surface area (Å²) >= 11 is 1.73. The second-order valence-electron chi connectivity index (χ2n) is 6.69. The molecule has 1 aromatic carbocycles. The number of ether oxygens (including phenoxy) is 1. The number of aromatic nitrogens is 4. The number of nitrogens with zero attached hydrogens (tertiary/aromatic N) is 3. The summed E-state index contributed by atoms with van der Waals surface area (Å²) in [5.74, 6) is 1.19. The first-order chi connectivity index (χ1) is 14.5. The number of nitrogens with one attached hydrogen (secondary N) is 2. The van der Waals surface area contributed by atoms with Crippen LogP contribution < -0.4 is 5.56 Å². The molecule has 158 valence electrons. The summed E-state index contributed by atoms with van der Waals surface area (Å²) in [5, 5.41) is 3.04. The molecule has 0 saturated heterocycles. The van der Waals surface area contributed by atoms with Crippen LogP contribution in [0.5, 0.6) is 0 Å². The van der Waals surface area contributed by atoms with E-state index in [2.05, 4.69) is 20.1 Å². The first-order valence-corrected chi connectivity index (χ1v) is 10.7. The van der Waals surface area contributed by atoms with Crippen molar-refractivity contribution in [2.24, 2.45) is 4.99 Å². The van der Waals surface area contributed by atoms with Gasteiger partial charge in [-0.15, -0.1) is 0 Å². The highest BCUT2D eigenvalue weighted by Crippen LogP contribution is 2.13. The van der Waals surface area contributed by atoms with Crippen molar-refractivity contribution in [3.05, 3.63) is 69.7 Å². The third kappa shape index (κ3) is 5.10. The number of rotatable bonds is 9. The molecule has 0 spiro atoms. The smallest absolute Gasteiger partial charge is 0.311 e. The number of esters is 1. The summed E-state index contributed by atoms with van der Waals surface area (Å²) in [6, 6.07) is 9.22. The molecular formula is C21H25N5O3S. The maximum atomic E-state index is 13.1. The van der Waals surface area contributed by atoms with Crippen LogP contribution in [0, 0.1) is 6.92 Å². The largest absolute Gasteiger partial charge is 0.469 e. The minimum Gasteiger partial charge on any atom is -0.469 e. The lowest BCUT2D eigenvalue weighted by Crippen LogP contribution is -2.20. The van der Waals surface area contributed by atoms with Gasteiger partial charge in [0.05, 0.1) is 42.5 Å². The normalized spacial score (nSPS) is 11.6. The quantitative estimate of drug-likeness (QED) is 0.310. The van der Waals surface area contributed by atoms with Crippen LogP contribution in [-0.4, -0.2) is 50.8 Å². The van der Waals surface area contributed by atoms with Gasteiger partial charge in [0.25, 0.3) is 5.56 Å². The number of aliphatic imine (C=N–C) groups is 1. The number of thioether (sulfide) groups is 1. The molecule has 30 heavy (non-hydrogen) atoms. The average molecular weight is 428 g/mol. The lowest BCUT2D eigenvalue weighted by atomic mass is 10.1. The molecule has 8 nitrogen and oxygen atoms in total. The maximum absolute atomic E-state index is 13.1. The van der Waals surface area contributed by atoms with Gasteiger partial charge in [0.2, 0.25) is 0 Å². The van der Waals surface area contributed by atoms with Crippen LogP contribution in [0.1, 0.15) is 29.6 Å². The molecule has 0 aliphatic heterocycles. The molecule has 3 aromatic rings. The van der Waals surface area contributed by atoms with Crippen LogP contribution in [0.2, 0.25) is 0 Å². The van der Waals surface area contributed by atoms with E-state index in [0.717, 1.165) is 22.9 Å². The summed E-state index contributed by atoms with van der Waals surface area (Å²) in [4.78, 5) is 36.8. The molecule has 3 rings (SSSR count). The van der Waals surface area contributed by atoms with E-state index in [-0.39, 0.29) is 12.0 Å². The molecule has 0 bridgehead atoms. The van der Waals surface area contributed by atoms with Gasteiger partial charge >= 0.3 is 5.97 Å². The molecule has 0 radical (unpaired) electrons. The Balaban J connectivity index is 1.77. The van der Waals surface area contributed by atoms with Crippen molar-refractivity contribution in [1.29, 1.82) is 0 Å². The van der Waals surface area contributed by atoms with Crippen molar-refractivity contribution in [3.63, 3.8) is 0 Å². The second-order valence-corrected chi connectivity index (χ2v) is 7.79. The van der Waals surface area contributed by atoms with E-state index in [1.807, 2.05) is 37.3 Å². The summed E-state index contributed by atoms with van der Waals surface area (Å²) in [7, 11) is 1.33. The Morgan fingerprint density at radius 2 is 2.07 bits per heavy atom. The van der Waals surface area contributed by atoms with E-state index in [9.17, 15) is 9.59 Å². The molecule has 0 saturated carbocycles. The van der Waals surface area contributed by atoms with Gasteiger partial charge in [-0.05, 0) is 26.0 Å². The fourth-order valence-corrected chi connectivity index (χ4v) is 3.87. The minimum absolute atomic E-state index is 0.0268. The zero-order chi connectivity index (χ0) is 21.5. The van der Waals surface area contributed by atoms with Crippen LogP contribution in [0.4, 0.5) is 0 Å². The van der Waals surface area contributed by atoms with Gasteiger partial charge in [0, 0.05) is 29.5 Å². The predicted octanol–water partition coefficient (Wildman–Crippen LogP) is 2.66. The van der Waals surface area contributed by atoms with Crippen molar-refractivity contribution in [3.8, 4) is 5.69 Å². The maximum Gasteiger partial charge on any atom is 0.311 e. The average Bonchev–Trinajstić information content (AvgIpc) is 3.30. The van der Waals surface area contributed by atoms with Gasteiger partial charge in [-0.25, -0.2) is 9.67 Å². The number of benzene rings is 1. The summed E-state index contributed by atoms with van der Waals surface area (Å²) in [6.45, 7) is 4.36. The number of carbonyl (C=O) groups excluding carboxylic acids is 1. The number of carbonyl (C=O) groups is 1. The number of hydrogen-bond acceptors (Lipinski definition) is 6. The van der Waals surface area contributed by atoms with Gasteiger partial charge in [0.15, 0.2) is 0 Å². The number of hydrogen-bond donors (Lipinski definition) is 2. The fraction of sp³-hybridized carbons (Fsp3) is 0.333. The van der Waals surface area contributed by atoms with Crippen molar-refractivity contribution in [2.75, 3.05) is 19.4 Å². The van der Waals surface area contributed by atoms with Crippen molar-refractivity contribution < 1.29 is 9.53 Å². The van der Waals surface area contributed by atoms with Crippen LogP contribution in [0.25, 0.3) is 5.69 Å². The highest BCUT2D eigenvalue weighted by Gasteiger charge is 2.20. The Kier molecular flexibility index (Phi) is 7.29. The topological polar surface area (TPSA) is 105 Å². The van der Waals surface area contributed by atoms with E-state index >= 15 is 0 Å². The molecule has 0 aliphatic rings. The van der Waals surface area contributed by atoms with Crippen LogP contribution >= 0.6 is 11.8 Å². The third-order valence-electron chi connectivity index (χ3n) is 4.65. The van der Waals surface area contributed by atoms with E-state index in [4.69, 9.17) is 4.74 Å². The second kappa shape index (κ2) is 10.1. The zero-order valence-electron chi connectivity index (χ0n) is 17.3. The highest BCUT2D eigenvalue weighted by molar-refractivity contribution is 7.98. The summed E-state index contributed by atoms with van der Waals surface area (Å²) < 4.78 is 6.21. The Morgan fingerprint density at radius 1 is 1.30 bits per heavy atom. The van der Waals surface area contributed by atoms with E-state index in [0.29, 0.717) is 29.2 Å². The molecule has 2 N–H and O–H groups in total. The molecule has 2 heterocycles. The molecule has 0 fully saturated rings. The summed E-state index contributed by atoms with van der Waals surface area (Å²) in [6.07, 6.45) is 1.67. The molecular weight excluding hydrogens is 402 g/mol. The first-order valence-electron chi connectivity index (χ1n) is 9.55. The number of aryl methyl sites for hydroxylation is 1. The van der Waals surface area contributed by atoms with Gasteiger partial charge in [-0.1, -0.05) is 18.2 Å². The van der Waals surface area contributed by atoms with Crippen molar-refractivity contribution in [2.45, 2.75) is 26.0 Å². The van der Waals surface area contributed by atoms with Crippen LogP contribution in [0.15, 0.2) is 46.4 Å². The zero-order valence-corrected chi connectivity index (χ0v) is 18.1. The Hall–Kier alpha value is -3.07. The van der Waals surface area contributed by atoms with Crippen LogP contribution in [0.3, 0.4) is 0 Å².